The third-order valence-electron chi connectivity index (χ3n) is 2.69. The van der Waals surface area contributed by atoms with Crippen LogP contribution in [-0.4, -0.2) is 54.6 Å². The molecule has 0 saturated carbocycles. The lowest BCUT2D eigenvalue weighted by molar-refractivity contribution is -0.875. The van der Waals surface area contributed by atoms with Gasteiger partial charge in [-0.3, -0.25) is 4.79 Å². The van der Waals surface area contributed by atoms with Crippen LogP contribution >= 0.6 is 0 Å². The van der Waals surface area contributed by atoms with Crippen LogP contribution in [0, 0.1) is 5.92 Å². The van der Waals surface area contributed by atoms with E-state index in [2.05, 4.69) is 0 Å². The van der Waals surface area contributed by atoms with E-state index in [1.807, 2.05) is 6.92 Å². The molecule has 0 amide bonds. The molecule has 100 valence electrons. The van der Waals surface area contributed by atoms with Crippen LogP contribution < -0.4 is 5.11 Å². The Labute approximate surface area is 103 Å². The van der Waals surface area contributed by atoms with Gasteiger partial charge in [0.25, 0.3) is 0 Å². The van der Waals surface area contributed by atoms with Gasteiger partial charge in [0.1, 0.15) is 6.54 Å². The van der Waals surface area contributed by atoms with Gasteiger partial charge in [-0.1, -0.05) is 13.8 Å². The molecule has 0 aromatic carbocycles. The second-order valence-corrected chi connectivity index (χ2v) is 5.70. The fraction of sp³-hybridized carbons (Fsp3) is 0.833. The number of hydrogen-bond donors (Lipinski definition) is 1. The summed E-state index contributed by atoms with van der Waals surface area (Å²) in [6.07, 6.45) is -0.0724. The van der Waals surface area contributed by atoms with Crippen LogP contribution in [0.15, 0.2) is 0 Å². The Bertz CT molecular complexity index is 295. The summed E-state index contributed by atoms with van der Waals surface area (Å²) in [5.41, 5.74) is -1.84. The van der Waals surface area contributed by atoms with Crippen LogP contribution in [0.25, 0.3) is 0 Å². The molecule has 0 aromatic heterocycles. The quantitative estimate of drug-likeness (QED) is 0.594. The van der Waals surface area contributed by atoms with Crippen molar-refractivity contribution in [3.05, 3.63) is 0 Å². The Morgan fingerprint density at radius 2 is 1.82 bits per heavy atom. The molecule has 0 aliphatic heterocycles. The van der Waals surface area contributed by atoms with E-state index in [0.717, 1.165) is 0 Å². The SMILES string of the molecule is CCC(C)C(=O)[C@@](O)(CC(=O)[O-])C[N+](C)(C)C. The van der Waals surface area contributed by atoms with Gasteiger partial charge in [-0.25, -0.2) is 0 Å². The largest absolute Gasteiger partial charge is 0.550 e. The highest BCUT2D eigenvalue weighted by Gasteiger charge is 2.42. The molecule has 0 aromatic rings. The van der Waals surface area contributed by atoms with Crippen molar-refractivity contribution in [2.75, 3.05) is 27.7 Å². The predicted molar refractivity (Wildman–Crippen MR) is 61.9 cm³/mol. The lowest BCUT2D eigenvalue weighted by Gasteiger charge is -2.36. The first kappa shape index (κ1) is 16.1. The summed E-state index contributed by atoms with van der Waals surface area (Å²) in [6, 6.07) is 0. The molecule has 0 spiro atoms. The van der Waals surface area contributed by atoms with Crippen molar-refractivity contribution < 1.29 is 24.3 Å². The van der Waals surface area contributed by atoms with Crippen LogP contribution in [0.5, 0.6) is 0 Å². The molecule has 0 rings (SSSR count). The smallest absolute Gasteiger partial charge is 0.177 e. The van der Waals surface area contributed by atoms with Gasteiger partial charge in [0.2, 0.25) is 0 Å². The molecule has 0 bridgehead atoms. The van der Waals surface area contributed by atoms with Crippen molar-refractivity contribution in [1.29, 1.82) is 0 Å². The maximum Gasteiger partial charge on any atom is 0.177 e. The number of aliphatic carboxylic acids is 1. The Morgan fingerprint density at radius 1 is 1.35 bits per heavy atom. The van der Waals surface area contributed by atoms with Gasteiger partial charge in [-0.05, 0) is 6.42 Å². The standard InChI is InChI=1S/C12H23NO4/c1-6-9(2)11(16)12(17,7-10(14)15)8-13(3,4)5/h9,17H,6-8H2,1-5H3/t9?,12-/m1/s1. The van der Waals surface area contributed by atoms with Gasteiger partial charge in [0.05, 0.1) is 21.1 Å². The Balaban J connectivity index is 5.09. The lowest BCUT2D eigenvalue weighted by Crippen LogP contribution is -2.57. The number of quaternary nitrogens is 1. The Morgan fingerprint density at radius 3 is 2.12 bits per heavy atom. The number of carboxylic acid groups (broad SMARTS) is 1. The van der Waals surface area contributed by atoms with E-state index >= 15 is 0 Å². The number of hydrogen-bond acceptors (Lipinski definition) is 4. The molecule has 17 heavy (non-hydrogen) atoms. The minimum atomic E-state index is -1.84. The normalized spacial score (nSPS) is 17.3. The number of rotatable bonds is 7. The number of Topliss-reactive ketones (excluding diaryl/α,β-unsaturated/α-hetero) is 1. The second-order valence-electron chi connectivity index (χ2n) is 5.70. The summed E-state index contributed by atoms with van der Waals surface area (Å²) < 4.78 is 0.311. The van der Waals surface area contributed by atoms with Crippen LogP contribution in [0.3, 0.4) is 0 Å². The van der Waals surface area contributed by atoms with E-state index in [4.69, 9.17) is 0 Å². The average molecular weight is 245 g/mol. The highest BCUT2D eigenvalue weighted by Crippen LogP contribution is 2.21. The van der Waals surface area contributed by atoms with Crippen molar-refractivity contribution in [3.63, 3.8) is 0 Å². The molecule has 5 heteroatoms. The monoisotopic (exact) mass is 245 g/mol. The number of likely N-dealkylation sites (N-methyl/N-ethyl adjacent to an activating group) is 1. The topological polar surface area (TPSA) is 77.4 Å². The van der Waals surface area contributed by atoms with E-state index in [1.165, 1.54) is 0 Å². The summed E-state index contributed by atoms with van der Waals surface area (Å²) in [7, 11) is 5.39. The molecule has 5 nitrogen and oxygen atoms in total. The van der Waals surface area contributed by atoms with Crippen LogP contribution in [-0.2, 0) is 9.59 Å². The van der Waals surface area contributed by atoms with Gasteiger partial charge >= 0.3 is 0 Å². The maximum absolute atomic E-state index is 12.1. The zero-order valence-electron chi connectivity index (χ0n) is 11.3. The van der Waals surface area contributed by atoms with E-state index in [1.54, 1.807) is 28.1 Å². The molecule has 0 aliphatic carbocycles. The zero-order valence-corrected chi connectivity index (χ0v) is 11.3. The van der Waals surface area contributed by atoms with E-state index < -0.39 is 23.8 Å². The third kappa shape index (κ3) is 5.28. The maximum atomic E-state index is 12.1. The van der Waals surface area contributed by atoms with Gasteiger partial charge in [-0.15, -0.1) is 0 Å². The number of carbonyl (C=O) groups excluding carboxylic acids is 2. The van der Waals surface area contributed by atoms with E-state index in [-0.39, 0.29) is 12.5 Å². The summed E-state index contributed by atoms with van der Waals surface area (Å²) in [5.74, 6) is -2.18. The minimum Gasteiger partial charge on any atom is -0.550 e. The number of carbonyl (C=O) groups is 2. The first-order valence-electron chi connectivity index (χ1n) is 5.79. The molecule has 0 fully saturated rings. The molecule has 1 N–H and O–H groups in total. The number of carboxylic acids is 1. The predicted octanol–water partition coefficient (Wildman–Crippen LogP) is -0.821. The zero-order chi connectivity index (χ0) is 13.9. The van der Waals surface area contributed by atoms with Crippen molar-refractivity contribution in [2.24, 2.45) is 5.92 Å². The van der Waals surface area contributed by atoms with Crippen LogP contribution in [0.4, 0.5) is 0 Å². The van der Waals surface area contributed by atoms with Crippen molar-refractivity contribution in [1.82, 2.24) is 0 Å². The van der Waals surface area contributed by atoms with Gasteiger partial charge in [-0.2, -0.15) is 0 Å². The Kier molecular flexibility index (Phi) is 5.29. The van der Waals surface area contributed by atoms with Gasteiger partial charge in [0.15, 0.2) is 11.4 Å². The number of aliphatic hydroxyl groups is 1. The van der Waals surface area contributed by atoms with Gasteiger partial charge < -0.3 is 19.5 Å². The third-order valence-corrected chi connectivity index (χ3v) is 2.69. The average Bonchev–Trinajstić information content (AvgIpc) is 2.10. The molecule has 0 saturated heterocycles. The van der Waals surface area contributed by atoms with Crippen LogP contribution in [0.2, 0.25) is 0 Å². The summed E-state index contributed by atoms with van der Waals surface area (Å²) >= 11 is 0. The van der Waals surface area contributed by atoms with E-state index in [0.29, 0.717) is 10.9 Å². The van der Waals surface area contributed by atoms with Gasteiger partial charge in [0, 0.05) is 18.3 Å². The molecular formula is C12H23NO4. The first-order valence-corrected chi connectivity index (χ1v) is 5.79. The fourth-order valence-electron chi connectivity index (χ4n) is 1.89. The highest BCUT2D eigenvalue weighted by molar-refractivity contribution is 5.92. The minimum absolute atomic E-state index is 0.0597. The summed E-state index contributed by atoms with van der Waals surface area (Å²) in [5, 5.41) is 21.0. The molecule has 1 unspecified atom stereocenters. The Hall–Kier alpha value is -0.940. The van der Waals surface area contributed by atoms with Crippen LogP contribution in [0.1, 0.15) is 26.7 Å². The summed E-state index contributed by atoms with van der Waals surface area (Å²) in [4.78, 5) is 22.7. The molecule has 0 heterocycles. The molecule has 0 aliphatic rings. The fourth-order valence-corrected chi connectivity index (χ4v) is 1.89. The van der Waals surface area contributed by atoms with Crippen molar-refractivity contribution in [3.8, 4) is 0 Å². The second kappa shape index (κ2) is 5.60. The first-order chi connectivity index (χ1) is 7.52. The van der Waals surface area contributed by atoms with Crippen molar-refractivity contribution in [2.45, 2.75) is 32.3 Å². The number of nitrogens with zero attached hydrogens (tertiary/aromatic N) is 1. The molecule has 2 atom stereocenters. The lowest BCUT2D eigenvalue weighted by atomic mass is 9.85. The molecule has 0 radical (unpaired) electrons. The summed E-state index contributed by atoms with van der Waals surface area (Å²) in [6.45, 7) is 3.58. The van der Waals surface area contributed by atoms with E-state index in [9.17, 15) is 19.8 Å². The molecular weight excluding hydrogens is 222 g/mol. The highest BCUT2D eigenvalue weighted by atomic mass is 16.4. The number of ketones is 1. The van der Waals surface area contributed by atoms with Crippen molar-refractivity contribution >= 4 is 11.8 Å².